The normalized spacial score (nSPS) is 18.5. The first kappa shape index (κ1) is 21.2. The van der Waals surface area contributed by atoms with Gasteiger partial charge in [0.15, 0.2) is 0 Å². The fraction of sp³-hybridized carbons (Fsp3) is 0.478. The quantitative estimate of drug-likeness (QED) is 0.437. The number of aliphatic imine (C=N–C) groups is 1. The van der Waals surface area contributed by atoms with E-state index in [2.05, 4.69) is 32.1 Å². The van der Waals surface area contributed by atoms with E-state index in [0.717, 1.165) is 56.2 Å². The zero-order valence-electron chi connectivity index (χ0n) is 18.3. The maximum absolute atomic E-state index is 9.31. The third-order valence-electron chi connectivity index (χ3n) is 5.97. The topological polar surface area (TPSA) is 74.8 Å². The number of ether oxygens (including phenoxy) is 2. The Kier molecular flexibility index (Phi) is 6.76. The molecule has 166 valence electrons. The summed E-state index contributed by atoms with van der Waals surface area (Å²) in [5.41, 5.74) is 3.61. The largest absolute Gasteiger partial charge is 0.495 e. The van der Waals surface area contributed by atoms with Crippen LogP contribution in [0.2, 0.25) is 0 Å². The number of nitrogens with zero attached hydrogens (tertiary/aromatic N) is 5. The van der Waals surface area contributed by atoms with Crippen molar-refractivity contribution < 1.29 is 14.7 Å². The summed E-state index contributed by atoms with van der Waals surface area (Å²) in [7, 11) is 3.68. The highest BCUT2D eigenvalue weighted by atomic mass is 16.5. The van der Waals surface area contributed by atoms with Crippen LogP contribution in [0.5, 0.6) is 5.75 Å². The first-order valence-corrected chi connectivity index (χ1v) is 10.9. The van der Waals surface area contributed by atoms with Crippen molar-refractivity contribution in [2.24, 2.45) is 17.2 Å². The van der Waals surface area contributed by atoms with Crippen LogP contribution in [0.3, 0.4) is 0 Å². The zero-order chi connectivity index (χ0) is 21.6. The zero-order valence-corrected chi connectivity index (χ0v) is 18.3. The molecule has 2 aromatic rings. The molecule has 1 saturated heterocycles. The van der Waals surface area contributed by atoms with Crippen molar-refractivity contribution in [3.8, 4) is 5.75 Å². The lowest BCUT2D eigenvalue weighted by molar-refractivity contribution is 0.219. The second-order valence-corrected chi connectivity index (χ2v) is 7.88. The number of para-hydroxylation sites is 2. The van der Waals surface area contributed by atoms with Crippen LogP contribution in [0.4, 0.5) is 5.69 Å². The first-order valence-electron chi connectivity index (χ1n) is 10.9. The number of hydrogen-bond acceptors (Lipinski definition) is 7. The van der Waals surface area contributed by atoms with Gasteiger partial charge < -0.3 is 24.1 Å². The maximum Gasteiger partial charge on any atom is 0.233 e. The third kappa shape index (κ3) is 4.69. The second-order valence-electron chi connectivity index (χ2n) is 7.88. The molecule has 2 aliphatic heterocycles. The minimum Gasteiger partial charge on any atom is -0.495 e. The van der Waals surface area contributed by atoms with Gasteiger partial charge in [-0.3, -0.25) is 4.90 Å². The van der Waals surface area contributed by atoms with E-state index in [4.69, 9.17) is 9.47 Å². The summed E-state index contributed by atoms with van der Waals surface area (Å²) in [4.78, 5) is 9.46. The van der Waals surface area contributed by atoms with Crippen LogP contribution in [0.15, 0.2) is 46.7 Å². The highest BCUT2D eigenvalue weighted by molar-refractivity contribution is 6.10. The van der Waals surface area contributed by atoms with Crippen LogP contribution in [-0.4, -0.2) is 79.3 Å². The molecule has 0 spiro atoms. The predicted molar refractivity (Wildman–Crippen MR) is 122 cm³/mol. The standard InChI is InChI=1S/C23H31N5O3/c1-26-12-9-18-19(25-29)8-10-24-23(22(18)26)31-17-5-11-27-13-15-28(16-14-27)20-6-3-4-7-21(20)30-2/h3-4,6-7,9,12,29H,5,8,10-11,13-17H2,1-2H3/b25-19+. The summed E-state index contributed by atoms with van der Waals surface area (Å²) in [6, 6.07) is 10.2. The summed E-state index contributed by atoms with van der Waals surface area (Å²) in [5.74, 6) is 1.57. The highest BCUT2D eigenvalue weighted by Gasteiger charge is 2.23. The molecule has 0 bridgehead atoms. The molecule has 1 fully saturated rings. The van der Waals surface area contributed by atoms with Gasteiger partial charge in [-0.2, -0.15) is 0 Å². The van der Waals surface area contributed by atoms with Crippen molar-refractivity contribution in [2.45, 2.75) is 12.8 Å². The first-order chi connectivity index (χ1) is 15.2. The van der Waals surface area contributed by atoms with Gasteiger partial charge in [-0.1, -0.05) is 17.3 Å². The molecule has 0 radical (unpaired) electrons. The van der Waals surface area contributed by atoms with Gasteiger partial charge in [-0.15, -0.1) is 0 Å². The van der Waals surface area contributed by atoms with E-state index in [-0.39, 0.29) is 0 Å². The van der Waals surface area contributed by atoms with Crippen molar-refractivity contribution in [3.63, 3.8) is 0 Å². The SMILES string of the molecule is COc1ccccc1N1CCN(CCCOC2=NCC/C(=N\O)c3ccn(C)c32)CC1. The summed E-state index contributed by atoms with van der Waals surface area (Å²) in [6.07, 6.45) is 3.49. The van der Waals surface area contributed by atoms with Gasteiger partial charge in [0, 0.05) is 64.5 Å². The monoisotopic (exact) mass is 425 g/mol. The Hall–Kier alpha value is -3.00. The van der Waals surface area contributed by atoms with Crippen LogP contribution in [0, 0.1) is 0 Å². The van der Waals surface area contributed by atoms with Crippen LogP contribution in [0.25, 0.3) is 0 Å². The van der Waals surface area contributed by atoms with Crippen LogP contribution >= 0.6 is 0 Å². The van der Waals surface area contributed by atoms with Gasteiger partial charge in [0.05, 0.1) is 25.1 Å². The van der Waals surface area contributed by atoms with Crippen molar-refractivity contribution in [1.82, 2.24) is 9.47 Å². The highest BCUT2D eigenvalue weighted by Crippen LogP contribution is 2.28. The molecular formula is C23H31N5O3. The van der Waals surface area contributed by atoms with E-state index in [9.17, 15) is 5.21 Å². The lowest BCUT2D eigenvalue weighted by Gasteiger charge is -2.36. The van der Waals surface area contributed by atoms with E-state index in [0.29, 0.717) is 31.2 Å². The number of oxime groups is 1. The fourth-order valence-corrected chi connectivity index (χ4v) is 4.28. The summed E-state index contributed by atoms with van der Waals surface area (Å²) < 4.78 is 13.6. The van der Waals surface area contributed by atoms with E-state index < -0.39 is 0 Å². The molecule has 3 heterocycles. The van der Waals surface area contributed by atoms with Crippen LogP contribution in [0.1, 0.15) is 24.1 Å². The molecule has 1 aromatic heterocycles. The van der Waals surface area contributed by atoms with E-state index in [1.807, 2.05) is 36.0 Å². The molecule has 4 rings (SSSR count). The van der Waals surface area contributed by atoms with E-state index in [1.165, 1.54) is 5.69 Å². The Balaban J connectivity index is 1.26. The molecule has 8 nitrogen and oxygen atoms in total. The average Bonchev–Trinajstić information content (AvgIpc) is 3.09. The Morgan fingerprint density at radius 1 is 1.13 bits per heavy atom. The molecule has 2 aliphatic rings. The van der Waals surface area contributed by atoms with Crippen molar-refractivity contribution in [1.29, 1.82) is 0 Å². The molecular weight excluding hydrogens is 394 g/mol. The molecule has 0 saturated carbocycles. The molecule has 31 heavy (non-hydrogen) atoms. The predicted octanol–water partition coefficient (Wildman–Crippen LogP) is 2.59. The number of fused-ring (bicyclic) bond motifs is 1. The number of aryl methyl sites for hydroxylation is 1. The van der Waals surface area contributed by atoms with Crippen LogP contribution in [-0.2, 0) is 11.8 Å². The van der Waals surface area contributed by atoms with Gasteiger partial charge in [0.2, 0.25) is 5.90 Å². The Labute approximate surface area is 183 Å². The Morgan fingerprint density at radius 2 is 1.94 bits per heavy atom. The lowest BCUT2D eigenvalue weighted by atomic mass is 10.1. The Morgan fingerprint density at radius 3 is 2.71 bits per heavy atom. The minimum absolute atomic E-state index is 0.564. The molecule has 0 aliphatic carbocycles. The van der Waals surface area contributed by atoms with Gasteiger partial charge in [-0.05, 0) is 24.6 Å². The fourth-order valence-electron chi connectivity index (χ4n) is 4.28. The summed E-state index contributed by atoms with van der Waals surface area (Å²) in [5, 5.41) is 12.8. The molecule has 1 N–H and O–H groups in total. The lowest BCUT2D eigenvalue weighted by Crippen LogP contribution is -2.46. The summed E-state index contributed by atoms with van der Waals surface area (Å²) in [6.45, 7) is 6.20. The van der Waals surface area contributed by atoms with Crippen molar-refractivity contribution in [2.75, 3.05) is 57.9 Å². The second kappa shape index (κ2) is 9.87. The van der Waals surface area contributed by atoms with Crippen molar-refractivity contribution in [3.05, 3.63) is 47.8 Å². The smallest absolute Gasteiger partial charge is 0.233 e. The number of rotatable bonds is 6. The van der Waals surface area contributed by atoms with Gasteiger partial charge in [0.25, 0.3) is 0 Å². The number of aromatic nitrogens is 1. The molecule has 8 heteroatoms. The van der Waals surface area contributed by atoms with Crippen molar-refractivity contribution >= 4 is 17.3 Å². The molecule has 1 aromatic carbocycles. The van der Waals surface area contributed by atoms with Gasteiger partial charge >= 0.3 is 0 Å². The number of benzene rings is 1. The molecule has 0 amide bonds. The van der Waals surface area contributed by atoms with Crippen LogP contribution < -0.4 is 9.64 Å². The number of piperazine rings is 1. The molecule has 0 atom stereocenters. The van der Waals surface area contributed by atoms with E-state index >= 15 is 0 Å². The van der Waals surface area contributed by atoms with Gasteiger partial charge in [-0.25, -0.2) is 4.99 Å². The number of hydrogen-bond donors (Lipinski definition) is 1. The summed E-state index contributed by atoms with van der Waals surface area (Å²) >= 11 is 0. The minimum atomic E-state index is 0.564. The third-order valence-corrected chi connectivity index (χ3v) is 5.97. The maximum atomic E-state index is 9.31. The van der Waals surface area contributed by atoms with E-state index in [1.54, 1.807) is 7.11 Å². The number of anilines is 1. The number of methoxy groups -OCH3 is 1. The van der Waals surface area contributed by atoms with Gasteiger partial charge in [0.1, 0.15) is 11.4 Å². The average molecular weight is 426 g/mol. The Bertz CT molecular complexity index is 944. The molecule has 0 unspecified atom stereocenters.